The van der Waals surface area contributed by atoms with Crippen LogP contribution in [0.3, 0.4) is 0 Å². The zero-order chi connectivity index (χ0) is 14.5. The quantitative estimate of drug-likeness (QED) is 0.636. The van der Waals surface area contributed by atoms with Crippen molar-refractivity contribution in [2.24, 2.45) is 0 Å². The minimum Gasteiger partial charge on any atom is -0.490 e. The van der Waals surface area contributed by atoms with Gasteiger partial charge in [0, 0.05) is 18.7 Å². The van der Waals surface area contributed by atoms with E-state index in [4.69, 9.17) is 4.74 Å². The molecule has 1 fully saturated rings. The first kappa shape index (κ1) is 14.7. The number of nitro groups is 1. The summed E-state index contributed by atoms with van der Waals surface area (Å²) in [4.78, 5) is 10.5. The summed E-state index contributed by atoms with van der Waals surface area (Å²) in [6, 6.07) is 4.99. The molecule has 2 N–H and O–H groups in total. The molecular weight excluding hydrogens is 260 g/mol. The molecule has 1 aromatic rings. The van der Waals surface area contributed by atoms with E-state index in [1.54, 1.807) is 12.1 Å². The van der Waals surface area contributed by atoms with Crippen LogP contribution in [-0.2, 0) is 6.54 Å². The molecule has 2 atom stereocenters. The molecule has 1 saturated carbocycles. The first-order valence-corrected chi connectivity index (χ1v) is 6.84. The van der Waals surface area contributed by atoms with Gasteiger partial charge in [-0.05, 0) is 24.5 Å². The summed E-state index contributed by atoms with van der Waals surface area (Å²) in [5, 5.41) is 24.1. The third kappa shape index (κ3) is 3.46. The van der Waals surface area contributed by atoms with Crippen molar-refractivity contribution >= 4 is 5.69 Å². The zero-order valence-corrected chi connectivity index (χ0v) is 11.5. The van der Waals surface area contributed by atoms with Crippen LogP contribution in [-0.4, -0.2) is 29.3 Å². The number of methoxy groups -OCH3 is 1. The number of benzene rings is 1. The molecule has 1 aliphatic rings. The van der Waals surface area contributed by atoms with E-state index in [0.29, 0.717) is 6.54 Å². The van der Waals surface area contributed by atoms with Crippen molar-refractivity contribution in [3.8, 4) is 5.75 Å². The van der Waals surface area contributed by atoms with Crippen molar-refractivity contribution in [2.75, 3.05) is 7.11 Å². The lowest BCUT2D eigenvalue weighted by Gasteiger charge is -2.28. The Morgan fingerprint density at radius 1 is 1.45 bits per heavy atom. The SMILES string of the molecule is COc1ccc(CNC2CCCCC2O)cc1[N+](=O)[O-]. The van der Waals surface area contributed by atoms with Gasteiger partial charge in [0.25, 0.3) is 0 Å². The van der Waals surface area contributed by atoms with E-state index in [2.05, 4.69) is 5.32 Å². The Labute approximate surface area is 117 Å². The van der Waals surface area contributed by atoms with Crippen LogP contribution in [0, 0.1) is 10.1 Å². The summed E-state index contributed by atoms with van der Waals surface area (Å²) in [5.41, 5.74) is 0.784. The highest BCUT2D eigenvalue weighted by Gasteiger charge is 2.22. The number of hydrogen-bond acceptors (Lipinski definition) is 5. The molecule has 0 saturated heterocycles. The van der Waals surface area contributed by atoms with E-state index in [1.807, 2.05) is 0 Å². The fourth-order valence-corrected chi connectivity index (χ4v) is 2.59. The van der Waals surface area contributed by atoms with Gasteiger partial charge in [-0.2, -0.15) is 0 Å². The largest absolute Gasteiger partial charge is 0.490 e. The molecule has 1 aromatic carbocycles. The fraction of sp³-hybridized carbons (Fsp3) is 0.571. The number of ether oxygens (including phenoxy) is 1. The maximum atomic E-state index is 11.0. The van der Waals surface area contributed by atoms with Gasteiger partial charge < -0.3 is 15.2 Å². The second-order valence-electron chi connectivity index (χ2n) is 5.10. The summed E-state index contributed by atoms with van der Waals surface area (Å²) in [5.74, 6) is 0.261. The van der Waals surface area contributed by atoms with Crippen LogP contribution in [0.5, 0.6) is 5.75 Å². The van der Waals surface area contributed by atoms with Crippen molar-refractivity contribution in [1.29, 1.82) is 0 Å². The number of nitro benzene ring substituents is 1. The van der Waals surface area contributed by atoms with Crippen molar-refractivity contribution in [1.82, 2.24) is 5.32 Å². The molecule has 20 heavy (non-hydrogen) atoms. The van der Waals surface area contributed by atoms with Gasteiger partial charge in [0.2, 0.25) is 0 Å². The van der Waals surface area contributed by atoms with Crippen molar-refractivity contribution in [3.05, 3.63) is 33.9 Å². The Kier molecular flexibility index (Phi) is 4.92. The van der Waals surface area contributed by atoms with Crippen LogP contribution in [0.4, 0.5) is 5.69 Å². The van der Waals surface area contributed by atoms with Crippen LogP contribution in [0.15, 0.2) is 18.2 Å². The third-order valence-corrected chi connectivity index (χ3v) is 3.74. The summed E-state index contributed by atoms with van der Waals surface area (Å²) < 4.78 is 4.97. The average molecular weight is 280 g/mol. The summed E-state index contributed by atoms with van der Waals surface area (Å²) in [6.07, 6.45) is 3.61. The maximum Gasteiger partial charge on any atom is 0.311 e. The first-order chi connectivity index (χ1) is 9.61. The number of aliphatic hydroxyl groups is 1. The molecule has 2 unspecified atom stereocenters. The van der Waals surface area contributed by atoms with Gasteiger partial charge in [0.05, 0.1) is 18.1 Å². The van der Waals surface area contributed by atoms with E-state index in [9.17, 15) is 15.2 Å². The Hall–Kier alpha value is -1.66. The number of nitrogens with zero attached hydrogens (tertiary/aromatic N) is 1. The summed E-state index contributed by atoms with van der Waals surface area (Å²) >= 11 is 0. The minimum atomic E-state index is -0.447. The predicted molar refractivity (Wildman–Crippen MR) is 74.8 cm³/mol. The smallest absolute Gasteiger partial charge is 0.311 e. The number of rotatable bonds is 5. The summed E-state index contributed by atoms with van der Waals surface area (Å²) in [7, 11) is 1.42. The van der Waals surface area contributed by atoms with Gasteiger partial charge in [-0.3, -0.25) is 10.1 Å². The molecule has 0 amide bonds. The van der Waals surface area contributed by atoms with Crippen molar-refractivity contribution < 1.29 is 14.8 Å². The Bertz CT molecular complexity index is 478. The van der Waals surface area contributed by atoms with Gasteiger partial charge in [-0.15, -0.1) is 0 Å². The maximum absolute atomic E-state index is 11.0. The molecule has 0 radical (unpaired) electrons. The van der Waals surface area contributed by atoms with Crippen LogP contribution < -0.4 is 10.1 Å². The van der Waals surface area contributed by atoms with E-state index in [-0.39, 0.29) is 23.6 Å². The second-order valence-corrected chi connectivity index (χ2v) is 5.10. The molecule has 0 bridgehead atoms. The molecule has 110 valence electrons. The highest BCUT2D eigenvalue weighted by atomic mass is 16.6. The van der Waals surface area contributed by atoms with Gasteiger partial charge in [0.1, 0.15) is 0 Å². The predicted octanol–water partition coefficient (Wildman–Crippen LogP) is 2.00. The van der Waals surface area contributed by atoms with Crippen LogP contribution in [0.1, 0.15) is 31.2 Å². The minimum absolute atomic E-state index is 0.0315. The third-order valence-electron chi connectivity index (χ3n) is 3.74. The molecule has 2 rings (SSSR count). The highest BCUT2D eigenvalue weighted by Crippen LogP contribution is 2.27. The molecule has 0 aliphatic heterocycles. The van der Waals surface area contributed by atoms with Crippen molar-refractivity contribution in [3.63, 3.8) is 0 Å². The number of nitrogens with one attached hydrogen (secondary N) is 1. The van der Waals surface area contributed by atoms with Crippen LogP contribution in [0.25, 0.3) is 0 Å². The van der Waals surface area contributed by atoms with Gasteiger partial charge in [-0.1, -0.05) is 18.9 Å². The molecule has 1 aliphatic carbocycles. The Morgan fingerprint density at radius 2 is 2.20 bits per heavy atom. The van der Waals surface area contributed by atoms with Gasteiger partial charge in [0.15, 0.2) is 5.75 Å². The van der Waals surface area contributed by atoms with Crippen LogP contribution >= 0.6 is 0 Å². The lowest BCUT2D eigenvalue weighted by atomic mass is 9.92. The topological polar surface area (TPSA) is 84.6 Å². The van der Waals surface area contributed by atoms with E-state index in [1.165, 1.54) is 13.2 Å². The lowest BCUT2D eigenvalue weighted by molar-refractivity contribution is -0.385. The molecule has 6 nitrogen and oxygen atoms in total. The standard InChI is InChI=1S/C14H20N2O4/c1-20-14-7-6-10(8-12(14)16(18)19)9-15-11-4-2-3-5-13(11)17/h6-8,11,13,15,17H,2-5,9H2,1H3. The number of hydrogen-bond donors (Lipinski definition) is 2. The highest BCUT2D eigenvalue weighted by molar-refractivity contribution is 5.48. The molecule has 6 heteroatoms. The van der Waals surface area contributed by atoms with E-state index in [0.717, 1.165) is 31.2 Å². The van der Waals surface area contributed by atoms with Gasteiger partial charge in [-0.25, -0.2) is 0 Å². The monoisotopic (exact) mass is 280 g/mol. The molecule has 0 spiro atoms. The molecule has 0 aromatic heterocycles. The molecular formula is C14H20N2O4. The van der Waals surface area contributed by atoms with Crippen LogP contribution in [0.2, 0.25) is 0 Å². The molecule has 0 heterocycles. The summed E-state index contributed by atoms with van der Waals surface area (Å²) in [6.45, 7) is 0.507. The van der Waals surface area contributed by atoms with E-state index >= 15 is 0 Å². The van der Waals surface area contributed by atoms with Crippen molar-refractivity contribution in [2.45, 2.75) is 44.4 Å². The van der Waals surface area contributed by atoms with E-state index < -0.39 is 4.92 Å². The normalized spacial score (nSPS) is 22.5. The zero-order valence-electron chi connectivity index (χ0n) is 11.5. The average Bonchev–Trinajstić information content (AvgIpc) is 2.46. The lowest BCUT2D eigenvalue weighted by Crippen LogP contribution is -2.41. The Balaban J connectivity index is 2.02. The van der Waals surface area contributed by atoms with Gasteiger partial charge >= 0.3 is 5.69 Å². The Morgan fingerprint density at radius 3 is 2.85 bits per heavy atom. The second kappa shape index (κ2) is 6.67. The number of aliphatic hydroxyl groups excluding tert-OH is 1. The first-order valence-electron chi connectivity index (χ1n) is 6.84. The fourth-order valence-electron chi connectivity index (χ4n) is 2.59.